The van der Waals surface area contributed by atoms with Gasteiger partial charge in [0.15, 0.2) is 5.65 Å². The van der Waals surface area contributed by atoms with E-state index in [0.717, 1.165) is 16.9 Å². The quantitative estimate of drug-likeness (QED) is 0.730. The van der Waals surface area contributed by atoms with Crippen LogP contribution in [0.25, 0.3) is 16.9 Å². The Bertz CT molecular complexity index is 774. The first-order valence-electron chi connectivity index (χ1n) is 6.06. The van der Waals surface area contributed by atoms with Crippen molar-refractivity contribution in [3.63, 3.8) is 0 Å². The minimum Gasteiger partial charge on any atom is -0.396 e. The van der Waals surface area contributed by atoms with E-state index in [2.05, 4.69) is 37.0 Å². The number of nitrogen functional groups attached to an aromatic ring is 1. The van der Waals surface area contributed by atoms with Crippen molar-refractivity contribution in [1.82, 2.24) is 9.38 Å². The highest BCUT2D eigenvalue weighted by Gasteiger charge is 2.08. The summed E-state index contributed by atoms with van der Waals surface area (Å²) < 4.78 is 1.86. The molecule has 0 saturated carbocycles. The second-order valence-electron chi connectivity index (χ2n) is 4.77. The van der Waals surface area contributed by atoms with Gasteiger partial charge in [0.1, 0.15) is 0 Å². The zero-order chi connectivity index (χ0) is 13.6. The molecule has 0 fully saturated rings. The Labute approximate surface area is 116 Å². The van der Waals surface area contributed by atoms with Gasteiger partial charge in [0.05, 0.1) is 16.4 Å². The summed E-state index contributed by atoms with van der Waals surface area (Å²) in [6, 6.07) is 8.02. The molecular formula is C15H14ClN3. The fourth-order valence-corrected chi connectivity index (χ4v) is 2.35. The average molecular weight is 272 g/mol. The summed E-state index contributed by atoms with van der Waals surface area (Å²) in [5.74, 6) is 0. The van der Waals surface area contributed by atoms with Crippen LogP contribution in [0.5, 0.6) is 0 Å². The monoisotopic (exact) mass is 271 g/mol. The standard InChI is InChI=1S/C15H14ClN3/c1-9-3-4-11(5-10(9)2)14-8-19-7-12(16)6-13(17)15(19)18-14/h3-8H,17H2,1-2H3. The molecule has 0 radical (unpaired) electrons. The van der Waals surface area contributed by atoms with Gasteiger partial charge in [-0.3, -0.25) is 0 Å². The van der Waals surface area contributed by atoms with Gasteiger partial charge in [-0.15, -0.1) is 0 Å². The van der Waals surface area contributed by atoms with Gasteiger partial charge in [-0.1, -0.05) is 23.7 Å². The molecule has 2 aromatic heterocycles. The lowest BCUT2D eigenvalue weighted by atomic mass is 10.1. The maximum absolute atomic E-state index is 6.00. The summed E-state index contributed by atoms with van der Waals surface area (Å²) in [6.07, 6.45) is 3.76. The predicted molar refractivity (Wildman–Crippen MR) is 79.5 cm³/mol. The smallest absolute Gasteiger partial charge is 0.160 e. The van der Waals surface area contributed by atoms with Gasteiger partial charge < -0.3 is 10.1 Å². The van der Waals surface area contributed by atoms with Crippen molar-refractivity contribution in [1.29, 1.82) is 0 Å². The average Bonchev–Trinajstić information content (AvgIpc) is 2.76. The van der Waals surface area contributed by atoms with Crippen molar-refractivity contribution < 1.29 is 0 Å². The van der Waals surface area contributed by atoms with Crippen molar-refractivity contribution in [3.8, 4) is 11.3 Å². The van der Waals surface area contributed by atoms with Gasteiger partial charge in [0.2, 0.25) is 0 Å². The molecule has 0 bridgehead atoms. The second-order valence-corrected chi connectivity index (χ2v) is 5.21. The molecule has 0 atom stereocenters. The van der Waals surface area contributed by atoms with Gasteiger partial charge >= 0.3 is 0 Å². The van der Waals surface area contributed by atoms with Crippen LogP contribution in [0.3, 0.4) is 0 Å². The van der Waals surface area contributed by atoms with E-state index in [0.29, 0.717) is 10.7 Å². The fourth-order valence-electron chi connectivity index (χ4n) is 2.13. The van der Waals surface area contributed by atoms with Crippen LogP contribution in [0, 0.1) is 13.8 Å². The molecule has 96 valence electrons. The molecule has 3 rings (SSSR count). The summed E-state index contributed by atoms with van der Waals surface area (Å²) >= 11 is 6.00. The van der Waals surface area contributed by atoms with Crippen molar-refractivity contribution in [2.45, 2.75) is 13.8 Å². The number of aromatic nitrogens is 2. The minimum absolute atomic E-state index is 0.586. The molecule has 3 aromatic rings. The van der Waals surface area contributed by atoms with Crippen LogP contribution >= 0.6 is 11.6 Å². The van der Waals surface area contributed by atoms with Gasteiger partial charge in [-0.2, -0.15) is 0 Å². The van der Waals surface area contributed by atoms with E-state index < -0.39 is 0 Å². The molecule has 0 amide bonds. The van der Waals surface area contributed by atoms with Gasteiger partial charge in [-0.05, 0) is 37.1 Å². The lowest BCUT2D eigenvalue weighted by Crippen LogP contribution is -1.91. The normalized spacial score (nSPS) is 11.1. The van der Waals surface area contributed by atoms with Gasteiger partial charge in [0.25, 0.3) is 0 Å². The number of halogens is 1. The zero-order valence-corrected chi connectivity index (χ0v) is 11.6. The summed E-state index contributed by atoms with van der Waals surface area (Å²) in [4.78, 5) is 4.57. The highest BCUT2D eigenvalue weighted by Crippen LogP contribution is 2.25. The first-order chi connectivity index (χ1) is 9.04. The number of aryl methyl sites for hydroxylation is 2. The Morgan fingerprint density at radius 3 is 2.63 bits per heavy atom. The molecule has 2 heterocycles. The summed E-state index contributed by atoms with van der Waals surface area (Å²) in [5, 5.41) is 0.606. The predicted octanol–water partition coefficient (Wildman–Crippen LogP) is 3.85. The molecule has 0 unspecified atom stereocenters. The SMILES string of the molecule is Cc1ccc(-c2cn3cc(Cl)cc(N)c3n2)cc1C. The van der Waals surface area contributed by atoms with Crippen LogP contribution in [0.15, 0.2) is 36.7 Å². The van der Waals surface area contributed by atoms with Crippen molar-refractivity contribution in [2.24, 2.45) is 0 Å². The highest BCUT2D eigenvalue weighted by molar-refractivity contribution is 6.30. The van der Waals surface area contributed by atoms with Crippen molar-refractivity contribution >= 4 is 22.9 Å². The first-order valence-corrected chi connectivity index (χ1v) is 6.44. The number of pyridine rings is 1. The second kappa shape index (κ2) is 4.28. The molecule has 2 N–H and O–H groups in total. The molecule has 0 aliphatic carbocycles. The summed E-state index contributed by atoms with van der Waals surface area (Å²) in [5.41, 5.74) is 11.8. The fraction of sp³-hybridized carbons (Fsp3) is 0.133. The van der Waals surface area contributed by atoms with Crippen LogP contribution in [-0.2, 0) is 0 Å². The molecule has 0 saturated heterocycles. The van der Waals surface area contributed by atoms with E-state index in [1.54, 1.807) is 6.07 Å². The van der Waals surface area contributed by atoms with E-state index in [1.165, 1.54) is 11.1 Å². The molecule has 1 aromatic carbocycles. The number of fused-ring (bicyclic) bond motifs is 1. The van der Waals surface area contributed by atoms with Crippen LogP contribution in [0.2, 0.25) is 5.02 Å². The summed E-state index contributed by atoms with van der Waals surface area (Å²) in [7, 11) is 0. The Morgan fingerprint density at radius 2 is 1.89 bits per heavy atom. The zero-order valence-electron chi connectivity index (χ0n) is 10.8. The van der Waals surface area contributed by atoms with Crippen molar-refractivity contribution in [3.05, 3.63) is 52.8 Å². The van der Waals surface area contributed by atoms with Gasteiger partial charge in [-0.25, -0.2) is 4.98 Å². The largest absolute Gasteiger partial charge is 0.396 e. The third-order valence-corrected chi connectivity index (χ3v) is 3.56. The molecule has 3 nitrogen and oxygen atoms in total. The minimum atomic E-state index is 0.586. The molecule has 19 heavy (non-hydrogen) atoms. The Hall–Kier alpha value is -2.00. The summed E-state index contributed by atoms with van der Waals surface area (Å²) in [6.45, 7) is 4.19. The highest BCUT2D eigenvalue weighted by atomic mass is 35.5. The van der Waals surface area contributed by atoms with E-state index >= 15 is 0 Å². The van der Waals surface area contributed by atoms with E-state index in [-0.39, 0.29) is 0 Å². The molecule has 0 aliphatic heterocycles. The first kappa shape index (κ1) is 12.1. The molecule has 0 aliphatic rings. The Kier molecular flexibility index (Phi) is 2.72. The third kappa shape index (κ3) is 2.06. The van der Waals surface area contributed by atoms with Crippen LogP contribution in [-0.4, -0.2) is 9.38 Å². The van der Waals surface area contributed by atoms with E-state index in [4.69, 9.17) is 17.3 Å². The number of nitrogens with two attached hydrogens (primary N) is 1. The number of rotatable bonds is 1. The van der Waals surface area contributed by atoms with Crippen molar-refractivity contribution in [2.75, 3.05) is 5.73 Å². The lowest BCUT2D eigenvalue weighted by molar-refractivity contribution is 1.19. The Balaban J connectivity index is 2.20. The number of imidazole rings is 1. The number of benzene rings is 1. The number of hydrogen-bond donors (Lipinski definition) is 1. The molecular weight excluding hydrogens is 258 g/mol. The van der Waals surface area contributed by atoms with Crippen LogP contribution < -0.4 is 5.73 Å². The molecule has 4 heteroatoms. The number of hydrogen-bond acceptors (Lipinski definition) is 2. The third-order valence-electron chi connectivity index (χ3n) is 3.35. The topological polar surface area (TPSA) is 43.3 Å². The Morgan fingerprint density at radius 1 is 1.11 bits per heavy atom. The maximum Gasteiger partial charge on any atom is 0.160 e. The number of nitrogens with zero attached hydrogens (tertiary/aromatic N) is 2. The number of anilines is 1. The molecule has 0 spiro atoms. The van der Waals surface area contributed by atoms with Crippen LogP contribution in [0.1, 0.15) is 11.1 Å². The maximum atomic E-state index is 6.00. The van der Waals surface area contributed by atoms with E-state index in [9.17, 15) is 0 Å². The van der Waals surface area contributed by atoms with E-state index in [1.807, 2.05) is 16.8 Å². The van der Waals surface area contributed by atoms with Gasteiger partial charge in [0, 0.05) is 18.0 Å². The van der Waals surface area contributed by atoms with Crippen LogP contribution in [0.4, 0.5) is 5.69 Å². The lowest BCUT2D eigenvalue weighted by Gasteiger charge is -2.01.